The quantitative estimate of drug-likeness (QED) is 0.692. The molecule has 0 radical (unpaired) electrons. The van der Waals surface area contributed by atoms with E-state index >= 15 is 0 Å². The standard InChI is InChI=1S/C15H15ClN4O2S2/c1-10-14(23-15-17-8-9-19(15)3)11(2)20(18-10)24(21,22)13-6-4-12(16)5-7-13/h4-9H,1-3H3. The van der Waals surface area contributed by atoms with Crippen molar-refractivity contribution in [1.29, 1.82) is 0 Å². The zero-order valence-corrected chi connectivity index (χ0v) is 15.7. The summed E-state index contributed by atoms with van der Waals surface area (Å²) in [6, 6.07) is 6.03. The monoisotopic (exact) mass is 382 g/mol. The van der Waals surface area contributed by atoms with Gasteiger partial charge in [-0.25, -0.2) is 4.98 Å². The first-order valence-electron chi connectivity index (χ1n) is 7.03. The number of nitrogens with zero attached hydrogens (tertiary/aromatic N) is 4. The van der Waals surface area contributed by atoms with Crippen LogP contribution in [0.15, 0.2) is 51.6 Å². The van der Waals surface area contributed by atoms with E-state index in [1.54, 1.807) is 32.2 Å². The zero-order chi connectivity index (χ0) is 17.5. The number of hydrogen-bond acceptors (Lipinski definition) is 5. The summed E-state index contributed by atoms with van der Waals surface area (Å²) in [6.45, 7) is 3.52. The van der Waals surface area contributed by atoms with Crippen LogP contribution in [0.1, 0.15) is 11.4 Å². The summed E-state index contributed by atoms with van der Waals surface area (Å²) in [5.41, 5.74) is 1.19. The summed E-state index contributed by atoms with van der Waals surface area (Å²) in [7, 11) is -1.89. The molecule has 0 bridgehead atoms. The number of halogens is 1. The second-order valence-electron chi connectivity index (χ2n) is 5.22. The predicted octanol–water partition coefficient (Wildman–Crippen LogP) is 3.28. The second-order valence-corrected chi connectivity index (χ2v) is 8.41. The van der Waals surface area contributed by atoms with Crippen molar-refractivity contribution in [2.45, 2.75) is 28.8 Å². The molecule has 0 saturated carbocycles. The molecule has 24 heavy (non-hydrogen) atoms. The number of benzene rings is 1. The molecule has 0 aliphatic heterocycles. The summed E-state index contributed by atoms with van der Waals surface area (Å²) in [6.07, 6.45) is 3.53. The fraction of sp³-hybridized carbons (Fsp3) is 0.200. The fourth-order valence-corrected chi connectivity index (χ4v) is 4.70. The first-order valence-corrected chi connectivity index (χ1v) is 9.66. The van der Waals surface area contributed by atoms with Crippen LogP contribution in [0.2, 0.25) is 5.02 Å². The summed E-state index contributed by atoms with van der Waals surface area (Å²) in [4.78, 5) is 5.18. The summed E-state index contributed by atoms with van der Waals surface area (Å²) in [5.74, 6) is 0. The van der Waals surface area contributed by atoms with E-state index < -0.39 is 10.0 Å². The first-order chi connectivity index (χ1) is 11.3. The Bertz CT molecular complexity index is 991. The highest BCUT2D eigenvalue weighted by atomic mass is 35.5. The Morgan fingerprint density at radius 3 is 2.42 bits per heavy atom. The summed E-state index contributed by atoms with van der Waals surface area (Å²) >= 11 is 7.22. The number of rotatable bonds is 4. The van der Waals surface area contributed by atoms with Gasteiger partial charge in [0, 0.05) is 24.5 Å². The van der Waals surface area contributed by atoms with Crippen LogP contribution < -0.4 is 0 Å². The van der Waals surface area contributed by atoms with Crippen LogP contribution >= 0.6 is 23.4 Å². The third kappa shape index (κ3) is 2.97. The molecule has 0 spiro atoms. The van der Waals surface area contributed by atoms with Gasteiger partial charge in [0.2, 0.25) is 0 Å². The highest BCUT2D eigenvalue weighted by Gasteiger charge is 2.24. The zero-order valence-electron chi connectivity index (χ0n) is 13.3. The van der Waals surface area contributed by atoms with Gasteiger partial charge in [-0.05, 0) is 49.9 Å². The van der Waals surface area contributed by atoms with Crippen molar-refractivity contribution in [3.05, 3.63) is 53.1 Å². The minimum atomic E-state index is -3.77. The molecule has 2 aromatic heterocycles. The van der Waals surface area contributed by atoms with E-state index in [4.69, 9.17) is 11.6 Å². The molecular formula is C15H15ClN4O2S2. The third-order valence-corrected chi connectivity index (χ3v) is 6.80. The number of hydrogen-bond donors (Lipinski definition) is 0. The maximum absolute atomic E-state index is 12.8. The van der Waals surface area contributed by atoms with Gasteiger partial charge in [-0.2, -0.15) is 17.6 Å². The van der Waals surface area contributed by atoms with E-state index in [2.05, 4.69) is 10.1 Å². The molecule has 3 rings (SSSR count). The molecule has 0 unspecified atom stereocenters. The Labute approximate surface area is 149 Å². The summed E-state index contributed by atoms with van der Waals surface area (Å²) in [5, 5.41) is 5.48. The fourth-order valence-electron chi connectivity index (χ4n) is 2.24. The average molecular weight is 383 g/mol. The highest BCUT2D eigenvalue weighted by Crippen LogP contribution is 2.33. The van der Waals surface area contributed by atoms with E-state index in [0.717, 1.165) is 14.1 Å². The Morgan fingerprint density at radius 1 is 1.17 bits per heavy atom. The molecule has 126 valence electrons. The van der Waals surface area contributed by atoms with Gasteiger partial charge in [-0.1, -0.05) is 11.6 Å². The normalized spacial score (nSPS) is 11.8. The van der Waals surface area contributed by atoms with E-state index in [1.807, 2.05) is 17.8 Å². The largest absolute Gasteiger partial charge is 0.329 e. The van der Waals surface area contributed by atoms with Crippen LogP contribution in [0.4, 0.5) is 0 Å². The lowest BCUT2D eigenvalue weighted by molar-refractivity contribution is 0.577. The van der Waals surface area contributed by atoms with Crippen molar-refractivity contribution < 1.29 is 8.42 Å². The van der Waals surface area contributed by atoms with E-state index in [1.165, 1.54) is 23.9 Å². The SMILES string of the molecule is Cc1nn(S(=O)(=O)c2ccc(Cl)cc2)c(C)c1Sc1nccn1C. The van der Waals surface area contributed by atoms with Crippen molar-refractivity contribution in [2.75, 3.05) is 0 Å². The van der Waals surface area contributed by atoms with Crippen molar-refractivity contribution in [3.8, 4) is 0 Å². The van der Waals surface area contributed by atoms with Crippen LogP contribution in [0.3, 0.4) is 0 Å². The smallest absolute Gasteiger partial charge is 0.283 e. The topological polar surface area (TPSA) is 69.8 Å². The Balaban J connectivity index is 2.05. The number of aryl methyl sites for hydroxylation is 2. The number of imidazole rings is 1. The van der Waals surface area contributed by atoms with Gasteiger partial charge in [-0.3, -0.25) is 0 Å². The lowest BCUT2D eigenvalue weighted by Crippen LogP contribution is -2.16. The second kappa shape index (κ2) is 6.27. The van der Waals surface area contributed by atoms with E-state index in [0.29, 0.717) is 16.4 Å². The minimum absolute atomic E-state index is 0.144. The Morgan fingerprint density at radius 2 is 1.83 bits per heavy atom. The van der Waals surface area contributed by atoms with Crippen LogP contribution in [-0.2, 0) is 17.1 Å². The highest BCUT2D eigenvalue weighted by molar-refractivity contribution is 7.99. The molecule has 0 fully saturated rings. The van der Waals surface area contributed by atoms with E-state index in [-0.39, 0.29) is 4.90 Å². The van der Waals surface area contributed by atoms with Crippen molar-refractivity contribution >= 4 is 33.4 Å². The third-order valence-electron chi connectivity index (χ3n) is 3.49. The van der Waals surface area contributed by atoms with Crippen molar-refractivity contribution in [3.63, 3.8) is 0 Å². The molecule has 0 aliphatic rings. The number of aromatic nitrogens is 4. The maximum Gasteiger partial charge on any atom is 0.283 e. The van der Waals surface area contributed by atoms with Crippen molar-refractivity contribution in [2.24, 2.45) is 7.05 Å². The lowest BCUT2D eigenvalue weighted by atomic mass is 10.4. The Kier molecular flexibility index (Phi) is 4.46. The van der Waals surface area contributed by atoms with Crippen molar-refractivity contribution in [1.82, 2.24) is 18.7 Å². The molecule has 0 atom stereocenters. The molecule has 2 heterocycles. The van der Waals surface area contributed by atoms with Gasteiger partial charge < -0.3 is 4.57 Å². The van der Waals surface area contributed by atoms with Crippen LogP contribution in [-0.4, -0.2) is 27.2 Å². The first kappa shape index (κ1) is 17.1. The average Bonchev–Trinajstić information content (AvgIpc) is 3.06. The lowest BCUT2D eigenvalue weighted by Gasteiger charge is -2.07. The Hall–Kier alpha value is -1.77. The van der Waals surface area contributed by atoms with Gasteiger partial charge in [0.15, 0.2) is 5.16 Å². The molecule has 0 N–H and O–H groups in total. The molecular weight excluding hydrogens is 368 g/mol. The molecule has 0 saturated heterocycles. The predicted molar refractivity (Wildman–Crippen MR) is 93.1 cm³/mol. The molecule has 9 heteroatoms. The molecule has 0 aliphatic carbocycles. The van der Waals surface area contributed by atoms with Gasteiger partial charge in [0.1, 0.15) is 0 Å². The van der Waals surface area contributed by atoms with E-state index in [9.17, 15) is 8.42 Å². The van der Waals surface area contributed by atoms with Crippen LogP contribution in [0, 0.1) is 13.8 Å². The summed E-state index contributed by atoms with van der Waals surface area (Å²) < 4.78 is 28.6. The van der Waals surface area contributed by atoms with Gasteiger partial charge in [0.25, 0.3) is 10.0 Å². The maximum atomic E-state index is 12.8. The van der Waals surface area contributed by atoms with Gasteiger partial charge in [0.05, 0.1) is 21.2 Å². The van der Waals surface area contributed by atoms with Gasteiger partial charge in [-0.15, -0.1) is 0 Å². The van der Waals surface area contributed by atoms with Crippen LogP contribution in [0.5, 0.6) is 0 Å². The molecule has 0 amide bonds. The van der Waals surface area contributed by atoms with Gasteiger partial charge >= 0.3 is 0 Å². The molecule has 3 aromatic rings. The molecule has 1 aromatic carbocycles. The minimum Gasteiger partial charge on any atom is -0.329 e. The van der Waals surface area contributed by atoms with Crippen LogP contribution in [0.25, 0.3) is 0 Å². The molecule has 6 nitrogen and oxygen atoms in total.